The molecule has 4 aromatic rings. The monoisotopic (exact) mass is 807 g/mol. The smallest absolute Gasteiger partial charge is 0.419 e. The Bertz CT molecular complexity index is 2290. The second-order valence-electron chi connectivity index (χ2n) is 15.3. The van der Waals surface area contributed by atoms with Crippen molar-refractivity contribution in [2.45, 2.75) is 88.5 Å². The van der Waals surface area contributed by atoms with Crippen molar-refractivity contribution in [1.29, 1.82) is 5.26 Å². The number of carbonyl (C=O) groups excluding carboxylic acids is 1. The van der Waals surface area contributed by atoms with Gasteiger partial charge >= 0.3 is 18.4 Å². The first kappa shape index (κ1) is 38.4. The van der Waals surface area contributed by atoms with Gasteiger partial charge in [-0.05, 0) is 70.2 Å². The molecule has 4 aliphatic rings. The first-order valence-electron chi connectivity index (χ1n) is 18.5. The van der Waals surface area contributed by atoms with Gasteiger partial charge in [0.15, 0.2) is 0 Å². The van der Waals surface area contributed by atoms with Gasteiger partial charge in [-0.25, -0.2) is 8.78 Å². The molecule has 2 aromatic heterocycles. The number of nitrogens with two attached hydrogens (primary N) is 1. The van der Waals surface area contributed by atoms with E-state index in [0.717, 1.165) is 31.4 Å². The fraction of sp³-hybridized carbons (Fsp3) is 0.526. The number of carbonyl (C=O) groups is 1. The van der Waals surface area contributed by atoms with Gasteiger partial charge in [0.25, 0.3) is 0 Å². The number of thiophene rings is 1. The summed E-state index contributed by atoms with van der Waals surface area (Å²) in [7, 11) is 0. The zero-order valence-corrected chi connectivity index (χ0v) is 31.1. The molecule has 0 bridgehead atoms. The minimum atomic E-state index is -5.51. The Labute approximate surface area is 320 Å². The molecule has 1 saturated carbocycles. The summed E-state index contributed by atoms with van der Waals surface area (Å²) >= 11 is 0.535. The van der Waals surface area contributed by atoms with Gasteiger partial charge in [0.2, 0.25) is 5.91 Å². The van der Waals surface area contributed by atoms with E-state index in [1.54, 1.807) is 22.8 Å². The second kappa shape index (κ2) is 13.6. The molecule has 298 valence electrons. The number of ether oxygens (including phenoxy) is 1. The Morgan fingerprint density at radius 3 is 2.57 bits per heavy atom. The number of amides is 1. The Morgan fingerprint density at radius 2 is 1.91 bits per heavy atom. The molecule has 3 aliphatic heterocycles. The summed E-state index contributed by atoms with van der Waals surface area (Å²) in [5.41, 5.74) is -1.76. The standard InChI is InChI=1S/C38H37F8N7O2S/c1-3-52(21-11-18(2)53(16-21)34(54)19-5-6-19)33-23-12-25(37(41,42)43)28(22-7-8-26(40)31-27(22)24(14-47)32(48)56-31)29(38(44,45)46)30(23)49-35(50-33)55-17-36-9-4-10-51(36)15-20(39)13-36/h7-8,12,18-21H,3-6,9-11,13,15-17,48H2,1-2H3/t18-,20+,21+,36-/m0/s1. The van der Waals surface area contributed by atoms with Crippen LogP contribution in [0.2, 0.25) is 0 Å². The molecule has 2 N–H and O–H groups in total. The molecular weight excluding hydrogens is 771 g/mol. The molecule has 0 radical (unpaired) electrons. The molecule has 4 atom stereocenters. The van der Waals surface area contributed by atoms with Crippen LogP contribution in [0.15, 0.2) is 18.2 Å². The average molecular weight is 808 g/mol. The summed E-state index contributed by atoms with van der Waals surface area (Å²) in [6.45, 7) is 4.36. The number of hydrogen-bond acceptors (Lipinski definition) is 9. The zero-order valence-electron chi connectivity index (χ0n) is 30.3. The molecule has 0 unspecified atom stereocenters. The van der Waals surface area contributed by atoms with E-state index in [1.165, 1.54) is 0 Å². The van der Waals surface area contributed by atoms with Crippen LogP contribution in [0.25, 0.3) is 32.1 Å². The van der Waals surface area contributed by atoms with E-state index in [4.69, 9.17) is 10.5 Å². The third kappa shape index (κ3) is 6.34. The van der Waals surface area contributed by atoms with Crippen LogP contribution in [0.3, 0.4) is 0 Å². The van der Waals surface area contributed by atoms with Gasteiger partial charge in [-0.3, -0.25) is 9.69 Å². The van der Waals surface area contributed by atoms with E-state index in [2.05, 4.69) is 9.97 Å². The SMILES string of the molecule is CCN(c1nc(OC[C@@]23CCCN2C[C@H](F)C3)nc2c(C(F)(F)F)c(-c3ccc(F)c4sc(N)c(C#N)c34)c(C(F)(F)F)cc12)[C@@H]1C[C@H](C)N(C(=O)C2CC2)C1. The molecule has 1 amide bonds. The summed E-state index contributed by atoms with van der Waals surface area (Å²) in [4.78, 5) is 27.1. The third-order valence-electron chi connectivity index (χ3n) is 11.8. The highest BCUT2D eigenvalue weighted by Crippen LogP contribution is 2.53. The minimum absolute atomic E-state index is 0.0458. The van der Waals surface area contributed by atoms with E-state index < -0.39 is 86.0 Å². The molecule has 3 saturated heterocycles. The number of alkyl halides is 7. The average Bonchev–Trinajstić information content (AvgIpc) is 3.53. The predicted octanol–water partition coefficient (Wildman–Crippen LogP) is 8.32. The lowest BCUT2D eigenvalue weighted by Crippen LogP contribution is -2.43. The Hall–Kier alpha value is -4.50. The molecule has 0 spiro atoms. The van der Waals surface area contributed by atoms with Crippen molar-refractivity contribution in [3.05, 3.63) is 40.7 Å². The minimum Gasteiger partial charge on any atom is -0.461 e. The van der Waals surface area contributed by atoms with E-state index in [0.29, 0.717) is 36.8 Å². The number of anilines is 2. The lowest BCUT2D eigenvalue weighted by molar-refractivity contribution is -0.141. The Balaban J connectivity index is 1.39. The number of aromatic nitrogens is 2. The highest BCUT2D eigenvalue weighted by molar-refractivity contribution is 7.23. The van der Waals surface area contributed by atoms with Crippen LogP contribution in [0.1, 0.15) is 69.1 Å². The van der Waals surface area contributed by atoms with Gasteiger partial charge in [-0.1, -0.05) is 6.07 Å². The Kier molecular flexibility index (Phi) is 9.30. The molecule has 8 rings (SSSR count). The molecule has 2 aromatic carbocycles. The van der Waals surface area contributed by atoms with Crippen LogP contribution >= 0.6 is 11.3 Å². The van der Waals surface area contributed by atoms with Crippen LogP contribution in [0.4, 0.5) is 45.9 Å². The van der Waals surface area contributed by atoms with Crippen molar-refractivity contribution in [3.8, 4) is 23.2 Å². The van der Waals surface area contributed by atoms with Crippen molar-refractivity contribution >= 4 is 49.1 Å². The highest BCUT2D eigenvalue weighted by atomic mass is 32.1. The summed E-state index contributed by atoms with van der Waals surface area (Å²) in [5.74, 6) is -1.40. The maximum Gasteiger partial charge on any atom is 0.419 e. The zero-order chi connectivity index (χ0) is 40.1. The molecule has 18 heteroatoms. The van der Waals surface area contributed by atoms with Gasteiger partial charge < -0.3 is 20.3 Å². The number of likely N-dealkylation sites (N-methyl/N-ethyl adjacent to an activating group) is 1. The number of nitrogens with zero attached hydrogens (tertiary/aromatic N) is 6. The number of benzene rings is 2. The fourth-order valence-corrected chi connectivity index (χ4v) is 10.1. The van der Waals surface area contributed by atoms with Crippen molar-refractivity contribution in [3.63, 3.8) is 0 Å². The lowest BCUT2D eigenvalue weighted by Gasteiger charge is -2.32. The van der Waals surface area contributed by atoms with Gasteiger partial charge in [-0.2, -0.15) is 41.6 Å². The van der Waals surface area contributed by atoms with E-state index in [1.807, 2.05) is 11.8 Å². The van der Waals surface area contributed by atoms with Gasteiger partial charge in [-0.15, -0.1) is 11.3 Å². The number of nitriles is 1. The number of fused-ring (bicyclic) bond motifs is 3. The predicted molar refractivity (Wildman–Crippen MR) is 193 cm³/mol. The Morgan fingerprint density at radius 1 is 1.16 bits per heavy atom. The molecule has 56 heavy (non-hydrogen) atoms. The molecule has 4 fully saturated rings. The molecule has 1 aliphatic carbocycles. The third-order valence-corrected chi connectivity index (χ3v) is 12.8. The molecule has 9 nitrogen and oxygen atoms in total. The van der Waals surface area contributed by atoms with E-state index in [-0.39, 0.29) is 66.0 Å². The summed E-state index contributed by atoms with van der Waals surface area (Å²) in [6.07, 6.45) is -8.78. The normalized spacial score (nSPS) is 24.3. The van der Waals surface area contributed by atoms with E-state index >= 15 is 30.7 Å². The quantitative estimate of drug-likeness (QED) is 0.177. The van der Waals surface area contributed by atoms with Crippen LogP contribution in [0.5, 0.6) is 6.01 Å². The lowest BCUT2D eigenvalue weighted by atomic mass is 9.88. The largest absolute Gasteiger partial charge is 0.461 e. The number of halogens is 8. The number of hydrogen-bond donors (Lipinski definition) is 1. The molecular formula is C38H37F8N7O2S. The number of likely N-dealkylation sites (tertiary alicyclic amines) is 1. The van der Waals surface area contributed by atoms with E-state index in [9.17, 15) is 14.4 Å². The fourth-order valence-electron chi connectivity index (χ4n) is 9.13. The van der Waals surface area contributed by atoms with Crippen LogP contribution in [-0.4, -0.2) is 82.3 Å². The number of rotatable bonds is 8. The van der Waals surface area contributed by atoms with Crippen LogP contribution in [0, 0.1) is 23.1 Å². The number of nitrogen functional groups attached to an aromatic ring is 1. The maximum absolute atomic E-state index is 15.7. The van der Waals surface area contributed by atoms with Crippen molar-refractivity contribution in [1.82, 2.24) is 19.8 Å². The van der Waals surface area contributed by atoms with Gasteiger partial charge in [0.1, 0.15) is 35.5 Å². The maximum atomic E-state index is 15.7. The van der Waals surface area contributed by atoms with Crippen LogP contribution < -0.4 is 15.4 Å². The first-order chi connectivity index (χ1) is 26.5. The van der Waals surface area contributed by atoms with Crippen molar-refractivity contribution < 1.29 is 44.7 Å². The second-order valence-corrected chi connectivity index (χ2v) is 16.4. The van der Waals surface area contributed by atoms with Gasteiger partial charge in [0.05, 0.1) is 32.4 Å². The molecule has 5 heterocycles. The summed E-state index contributed by atoms with van der Waals surface area (Å²) < 4.78 is 129. The highest BCUT2D eigenvalue weighted by Gasteiger charge is 2.50. The summed E-state index contributed by atoms with van der Waals surface area (Å²) in [5, 5.41) is 8.57. The first-order valence-corrected chi connectivity index (χ1v) is 19.3. The topological polar surface area (TPSA) is 112 Å². The van der Waals surface area contributed by atoms with Crippen molar-refractivity contribution in [2.24, 2.45) is 5.92 Å². The van der Waals surface area contributed by atoms with Crippen LogP contribution in [-0.2, 0) is 17.1 Å². The van der Waals surface area contributed by atoms with Crippen molar-refractivity contribution in [2.75, 3.05) is 43.4 Å². The van der Waals surface area contributed by atoms with Gasteiger partial charge in [0, 0.05) is 60.4 Å². The summed E-state index contributed by atoms with van der Waals surface area (Å²) in [6, 6.07) is 2.44.